The van der Waals surface area contributed by atoms with E-state index in [0.717, 1.165) is 11.1 Å². The Kier molecular flexibility index (Phi) is 3.36. The Morgan fingerprint density at radius 1 is 0.900 bits per heavy atom. The molecule has 1 aromatic heterocycles. The molecule has 0 spiro atoms. The summed E-state index contributed by atoms with van der Waals surface area (Å²) in [6, 6.07) is 4.05. The fraction of sp³-hybridized carbons (Fsp3) is 0.500. The molecule has 0 fully saturated rings. The summed E-state index contributed by atoms with van der Waals surface area (Å²) < 4.78 is 0. The van der Waals surface area contributed by atoms with Crippen LogP contribution in [0.4, 0.5) is 0 Å². The van der Waals surface area contributed by atoms with Gasteiger partial charge in [-0.3, -0.25) is 0 Å². The summed E-state index contributed by atoms with van der Waals surface area (Å²) in [6.45, 7) is 12.8. The molecule has 0 aliphatic heterocycles. The molecule has 1 N–H and O–H groups in total. The lowest BCUT2D eigenvalue weighted by Crippen LogP contribution is -2.18. The maximum Gasteiger partial charge on any atom is 0.146 e. The van der Waals surface area contributed by atoms with Gasteiger partial charge in [-0.15, -0.1) is 4.80 Å². The van der Waals surface area contributed by atoms with Crippen LogP contribution in [0.15, 0.2) is 24.5 Å². The van der Waals surface area contributed by atoms with Gasteiger partial charge in [0.2, 0.25) is 0 Å². The average molecular weight is 273 g/mol. The minimum atomic E-state index is -0.146. The zero-order valence-electron chi connectivity index (χ0n) is 13.1. The van der Waals surface area contributed by atoms with Crippen molar-refractivity contribution in [2.24, 2.45) is 0 Å². The largest absolute Gasteiger partial charge is 0.505 e. The van der Waals surface area contributed by atoms with Crippen molar-refractivity contribution in [1.82, 2.24) is 15.0 Å². The van der Waals surface area contributed by atoms with E-state index < -0.39 is 0 Å². The van der Waals surface area contributed by atoms with E-state index in [2.05, 4.69) is 57.8 Å². The van der Waals surface area contributed by atoms with Gasteiger partial charge in [0.1, 0.15) is 11.4 Å². The van der Waals surface area contributed by atoms with Crippen molar-refractivity contribution >= 4 is 0 Å². The first-order chi connectivity index (χ1) is 9.10. The van der Waals surface area contributed by atoms with Gasteiger partial charge in [-0.2, -0.15) is 10.2 Å². The minimum absolute atomic E-state index is 0.00436. The van der Waals surface area contributed by atoms with Crippen molar-refractivity contribution < 1.29 is 5.11 Å². The molecule has 2 rings (SSSR count). The normalized spacial score (nSPS) is 12.7. The predicted octanol–water partition coefficient (Wildman–Crippen LogP) is 3.57. The van der Waals surface area contributed by atoms with Crippen molar-refractivity contribution in [2.75, 3.05) is 0 Å². The zero-order chi connectivity index (χ0) is 15.1. The smallest absolute Gasteiger partial charge is 0.146 e. The molecule has 4 heteroatoms. The molecule has 0 radical (unpaired) electrons. The molecule has 0 saturated carbocycles. The van der Waals surface area contributed by atoms with Crippen molar-refractivity contribution in [3.05, 3.63) is 35.7 Å². The van der Waals surface area contributed by atoms with Crippen LogP contribution < -0.4 is 0 Å². The van der Waals surface area contributed by atoms with Gasteiger partial charge in [0.15, 0.2) is 0 Å². The molecule has 4 nitrogen and oxygen atoms in total. The molecule has 0 unspecified atom stereocenters. The lowest BCUT2D eigenvalue weighted by molar-refractivity contribution is 0.438. The fourth-order valence-corrected chi connectivity index (χ4v) is 2.12. The molecule has 0 aliphatic rings. The molecule has 2 aromatic rings. The highest BCUT2D eigenvalue weighted by Gasteiger charge is 2.25. The third kappa shape index (κ3) is 2.69. The van der Waals surface area contributed by atoms with E-state index in [1.54, 1.807) is 12.4 Å². The van der Waals surface area contributed by atoms with Crippen molar-refractivity contribution in [3.8, 4) is 11.4 Å². The lowest BCUT2D eigenvalue weighted by Gasteiger charge is -2.27. The molecule has 1 aromatic carbocycles. The van der Waals surface area contributed by atoms with Crippen molar-refractivity contribution in [1.29, 1.82) is 0 Å². The van der Waals surface area contributed by atoms with Crippen LogP contribution in [0, 0.1) is 0 Å². The lowest BCUT2D eigenvalue weighted by atomic mass is 9.80. The highest BCUT2D eigenvalue weighted by Crippen LogP contribution is 2.38. The van der Waals surface area contributed by atoms with Crippen LogP contribution >= 0.6 is 0 Å². The van der Waals surface area contributed by atoms with Gasteiger partial charge < -0.3 is 5.11 Å². The topological polar surface area (TPSA) is 50.9 Å². The summed E-state index contributed by atoms with van der Waals surface area (Å²) in [5.41, 5.74) is 2.56. The molecule has 1 heterocycles. The van der Waals surface area contributed by atoms with Gasteiger partial charge >= 0.3 is 0 Å². The Morgan fingerprint density at radius 2 is 1.45 bits per heavy atom. The molecule has 0 aliphatic carbocycles. The SMILES string of the molecule is CC(C)(C)c1cc(-n2nccn2)c(O)c(C(C)(C)C)c1. The van der Waals surface area contributed by atoms with E-state index in [4.69, 9.17) is 0 Å². The van der Waals surface area contributed by atoms with Gasteiger partial charge in [-0.05, 0) is 22.5 Å². The molecular weight excluding hydrogens is 250 g/mol. The van der Waals surface area contributed by atoms with E-state index in [1.165, 1.54) is 4.80 Å². The highest BCUT2D eigenvalue weighted by molar-refractivity contribution is 5.55. The van der Waals surface area contributed by atoms with Crippen LogP contribution in [0.5, 0.6) is 5.75 Å². The van der Waals surface area contributed by atoms with Gasteiger partial charge in [0.05, 0.1) is 12.4 Å². The summed E-state index contributed by atoms with van der Waals surface area (Å²) >= 11 is 0. The van der Waals surface area contributed by atoms with Crippen LogP contribution in [0.25, 0.3) is 5.69 Å². The van der Waals surface area contributed by atoms with E-state index >= 15 is 0 Å². The monoisotopic (exact) mass is 273 g/mol. The second-order valence-electron chi connectivity index (χ2n) is 7.21. The first-order valence-electron chi connectivity index (χ1n) is 6.85. The number of hydrogen-bond acceptors (Lipinski definition) is 3. The third-order valence-corrected chi connectivity index (χ3v) is 3.40. The van der Waals surface area contributed by atoms with E-state index in [0.29, 0.717) is 5.69 Å². The van der Waals surface area contributed by atoms with E-state index in [9.17, 15) is 5.11 Å². The summed E-state index contributed by atoms with van der Waals surface area (Å²) in [6.07, 6.45) is 3.22. The average Bonchev–Trinajstić information content (AvgIpc) is 2.79. The van der Waals surface area contributed by atoms with Crippen molar-refractivity contribution in [2.45, 2.75) is 52.4 Å². The quantitative estimate of drug-likeness (QED) is 0.864. The summed E-state index contributed by atoms with van der Waals surface area (Å²) in [5.74, 6) is 0.252. The van der Waals surface area contributed by atoms with Gasteiger partial charge in [0.25, 0.3) is 0 Å². The Bertz CT molecular complexity index is 602. The molecule has 0 amide bonds. The number of hydrogen-bond donors (Lipinski definition) is 1. The van der Waals surface area contributed by atoms with Gasteiger partial charge in [-0.25, -0.2) is 0 Å². The number of benzene rings is 1. The minimum Gasteiger partial charge on any atom is -0.505 e. The maximum absolute atomic E-state index is 10.6. The summed E-state index contributed by atoms with van der Waals surface area (Å²) in [4.78, 5) is 1.47. The second kappa shape index (κ2) is 4.62. The summed E-state index contributed by atoms with van der Waals surface area (Å²) in [5, 5.41) is 18.9. The van der Waals surface area contributed by atoms with Gasteiger partial charge in [-0.1, -0.05) is 47.6 Å². The highest BCUT2D eigenvalue weighted by atomic mass is 16.3. The second-order valence-corrected chi connectivity index (χ2v) is 7.21. The maximum atomic E-state index is 10.6. The van der Waals surface area contributed by atoms with Crippen LogP contribution in [0.2, 0.25) is 0 Å². The van der Waals surface area contributed by atoms with E-state index in [-0.39, 0.29) is 16.6 Å². The number of aromatic nitrogens is 3. The Hall–Kier alpha value is -1.84. The predicted molar refractivity (Wildman–Crippen MR) is 80.4 cm³/mol. The van der Waals surface area contributed by atoms with Crippen LogP contribution in [0.3, 0.4) is 0 Å². The van der Waals surface area contributed by atoms with Crippen LogP contribution in [-0.4, -0.2) is 20.1 Å². The molecule has 0 saturated heterocycles. The Morgan fingerprint density at radius 3 is 1.90 bits per heavy atom. The van der Waals surface area contributed by atoms with E-state index in [1.807, 2.05) is 6.07 Å². The summed E-state index contributed by atoms with van der Waals surface area (Å²) in [7, 11) is 0. The Balaban J connectivity index is 2.75. The first kappa shape index (κ1) is 14.6. The number of nitrogens with zero attached hydrogens (tertiary/aromatic N) is 3. The standard InChI is InChI=1S/C16H23N3O/c1-15(2,3)11-9-12(16(4,5)6)14(20)13(10-11)19-17-7-8-18-19/h7-10,20H,1-6H3. The van der Waals surface area contributed by atoms with Gasteiger partial charge in [0, 0.05) is 5.56 Å². The molecular formula is C16H23N3O. The van der Waals surface area contributed by atoms with Crippen LogP contribution in [-0.2, 0) is 10.8 Å². The Labute approximate surface area is 120 Å². The molecule has 0 atom stereocenters. The number of rotatable bonds is 1. The molecule has 20 heavy (non-hydrogen) atoms. The number of phenolic OH excluding ortho intramolecular Hbond substituents is 1. The third-order valence-electron chi connectivity index (χ3n) is 3.40. The first-order valence-corrected chi connectivity index (χ1v) is 6.85. The molecule has 108 valence electrons. The molecule has 0 bridgehead atoms. The zero-order valence-corrected chi connectivity index (χ0v) is 13.1. The van der Waals surface area contributed by atoms with Crippen molar-refractivity contribution in [3.63, 3.8) is 0 Å². The number of aromatic hydroxyl groups is 1. The number of phenols is 1. The fourth-order valence-electron chi connectivity index (χ4n) is 2.12. The van der Waals surface area contributed by atoms with Crippen LogP contribution in [0.1, 0.15) is 52.7 Å².